The summed E-state index contributed by atoms with van der Waals surface area (Å²) < 4.78 is 5.61. The van der Waals surface area contributed by atoms with E-state index in [1.54, 1.807) is 0 Å². The van der Waals surface area contributed by atoms with Crippen molar-refractivity contribution in [3.63, 3.8) is 0 Å². The van der Waals surface area contributed by atoms with Gasteiger partial charge < -0.3 is 10.5 Å². The molecule has 1 aliphatic rings. The van der Waals surface area contributed by atoms with Gasteiger partial charge in [0.1, 0.15) is 0 Å². The lowest BCUT2D eigenvalue weighted by atomic mass is 10.1. The van der Waals surface area contributed by atoms with E-state index in [4.69, 9.17) is 22.1 Å². The number of hydrogen-bond donors (Lipinski definition) is 1. The van der Waals surface area contributed by atoms with Crippen molar-refractivity contribution in [3.05, 3.63) is 28.8 Å². The molecule has 0 aliphatic carbocycles. The summed E-state index contributed by atoms with van der Waals surface area (Å²) in [6.45, 7) is 6.82. The van der Waals surface area contributed by atoms with Crippen LogP contribution < -0.4 is 5.73 Å². The minimum atomic E-state index is 0.284. The number of morpholine rings is 1. The number of benzene rings is 1. The molecule has 4 heteroatoms. The molecule has 0 saturated carbocycles. The van der Waals surface area contributed by atoms with E-state index in [2.05, 4.69) is 18.7 Å². The summed E-state index contributed by atoms with van der Waals surface area (Å²) in [4.78, 5) is 2.39. The third-order valence-corrected chi connectivity index (χ3v) is 3.45. The molecule has 0 radical (unpaired) electrons. The van der Waals surface area contributed by atoms with Gasteiger partial charge in [-0.2, -0.15) is 0 Å². The number of hydrogen-bond acceptors (Lipinski definition) is 3. The number of nitrogens with two attached hydrogens (primary N) is 1. The lowest BCUT2D eigenvalue weighted by Gasteiger charge is -2.37. The third kappa shape index (κ3) is 3.12. The predicted octanol–water partition coefficient (Wildman–Crippen LogP) is 2.53. The Labute approximate surface area is 107 Å². The van der Waals surface area contributed by atoms with Gasteiger partial charge in [-0.3, -0.25) is 4.90 Å². The van der Waals surface area contributed by atoms with Crippen LogP contribution in [0.2, 0.25) is 5.02 Å². The van der Waals surface area contributed by atoms with E-state index in [0.29, 0.717) is 6.04 Å². The van der Waals surface area contributed by atoms with Gasteiger partial charge in [-0.25, -0.2) is 0 Å². The van der Waals surface area contributed by atoms with Crippen LogP contribution in [0.15, 0.2) is 18.2 Å². The summed E-state index contributed by atoms with van der Waals surface area (Å²) in [5.74, 6) is 0. The van der Waals surface area contributed by atoms with Crippen molar-refractivity contribution < 1.29 is 4.74 Å². The second-order valence-corrected chi connectivity index (χ2v) is 5.20. The van der Waals surface area contributed by atoms with Crippen LogP contribution in [-0.4, -0.2) is 30.2 Å². The van der Waals surface area contributed by atoms with Gasteiger partial charge in [-0.15, -0.1) is 0 Å². The van der Waals surface area contributed by atoms with Crippen molar-refractivity contribution in [2.75, 3.05) is 18.9 Å². The Morgan fingerprint density at radius 2 is 2.24 bits per heavy atom. The summed E-state index contributed by atoms with van der Waals surface area (Å²) in [7, 11) is 0. The van der Waals surface area contributed by atoms with Crippen LogP contribution >= 0.6 is 11.6 Å². The Morgan fingerprint density at radius 3 is 3.00 bits per heavy atom. The Morgan fingerprint density at radius 1 is 1.47 bits per heavy atom. The highest BCUT2D eigenvalue weighted by molar-refractivity contribution is 6.30. The van der Waals surface area contributed by atoms with E-state index in [9.17, 15) is 0 Å². The van der Waals surface area contributed by atoms with Crippen LogP contribution in [0.25, 0.3) is 0 Å². The molecule has 2 rings (SSSR count). The van der Waals surface area contributed by atoms with Crippen LogP contribution in [0.3, 0.4) is 0 Å². The predicted molar refractivity (Wildman–Crippen MR) is 71.2 cm³/mol. The van der Waals surface area contributed by atoms with Gasteiger partial charge in [0.2, 0.25) is 0 Å². The molecule has 2 unspecified atom stereocenters. The summed E-state index contributed by atoms with van der Waals surface area (Å²) in [5, 5.41) is 0.739. The van der Waals surface area contributed by atoms with Crippen molar-refractivity contribution in [1.29, 1.82) is 0 Å². The maximum Gasteiger partial charge on any atom is 0.0674 e. The molecule has 2 atom stereocenters. The van der Waals surface area contributed by atoms with Gasteiger partial charge in [0.15, 0.2) is 0 Å². The molecule has 1 saturated heterocycles. The first-order valence-electron chi connectivity index (χ1n) is 5.96. The monoisotopic (exact) mass is 254 g/mol. The highest BCUT2D eigenvalue weighted by Gasteiger charge is 2.23. The van der Waals surface area contributed by atoms with Crippen LogP contribution in [-0.2, 0) is 11.3 Å². The standard InChI is InChI=1S/C13H19ClN2O/c1-9-8-17-10(2)6-16(9)7-11-5-12(14)3-4-13(11)15/h3-5,9-10H,6-8,15H2,1-2H3. The highest BCUT2D eigenvalue weighted by atomic mass is 35.5. The van der Waals surface area contributed by atoms with Crippen LogP contribution in [0.4, 0.5) is 5.69 Å². The molecule has 1 aromatic carbocycles. The Kier molecular flexibility index (Phi) is 3.92. The lowest BCUT2D eigenvalue weighted by molar-refractivity contribution is -0.0526. The molecule has 1 aromatic rings. The molecule has 3 nitrogen and oxygen atoms in total. The number of nitrogens with zero attached hydrogens (tertiary/aromatic N) is 1. The van der Waals surface area contributed by atoms with E-state index in [1.807, 2.05) is 18.2 Å². The van der Waals surface area contributed by atoms with Crippen molar-refractivity contribution in [2.45, 2.75) is 32.5 Å². The molecule has 17 heavy (non-hydrogen) atoms. The molecule has 0 aromatic heterocycles. The normalized spacial score (nSPS) is 26.1. The fourth-order valence-electron chi connectivity index (χ4n) is 2.12. The van der Waals surface area contributed by atoms with Crippen LogP contribution in [0.1, 0.15) is 19.4 Å². The number of anilines is 1. The number of ether oxygens (including phenoxy) is 1. The average Bonchev–Trinajstić information content (AvgIpc) is 2.28. The quantitative estimate of drug-likeness (QED) is 0.825. The van der Waals surface area contributed by atoms with E-state index in [-0.39, 0.29) is 6.10 Å². The number of rotatable bonds is 2. The van der Waals surface area contributed by atoms with Gasteiger partial charge in [0.05, 0.1) is 12.7 Å². The number of halogens is 1. The summed E-state index contributed by atoms with van der Waals surface area (Å²) >= 11 is 6.00. The van der Waals surface area contributed by atoms with E-state index in [0.717, 1.165) is 36.0 Å². The smallest absolute Gasteiger partial charge is 0.0674 e. The first-order chi connectivity index (χ1) is 8.06. The van der Waals surface area contributed by atoms with Gasteiger partial charge in [0, 0.05) is 29.8 Å². The molecule has 1 heterocycles. The van der Waals surface area contributed by atoms with Crippen molar-refractivity contribution in [3.8, 4) is 0 Å². The van der Waals surface area contributed by atoms with Gasteiger partial charge in [0.25, 0.3) is 0 Å². The maximum atomic E-state index is 6.00. The minimum Gasteiger partial charge on any atom is -0.398 e. The topological polar surface area (TPSA) is 38.5 Å². The second-order valence-electron chi connectivity index (χ2n) is 4.77. The van der Waals surface area contributed by atoms with Crippen LogP contribution in [0.5, 0.6) is 0 Å². The number of nitrogen functional groups attached to an aromatic ring is 1. The van der Waals surface area contributed by atoms with Gasteiger partial charge >= 0.3 is 0 Å². The van der Waals surface area contributed by atoms with E-state index in [1.165, 1.54) is 0 Å². The van der Waals surface area contributed by atoms with Crippen molar-refractivity contribution in [2.24, 2.45) is 0 Å². The zero-order valence-electron chi connectivity index (χ0n) is 10.3. The molecule has 94 valence electrons. The average molecular weight is 255 g/mol. The van der Waals surface area contributed by atoms with E-state index >= 15 is 0 Å². The van der Waals surface area contributed by atoms with Crippen molar-refractivity contribution >= 4 is 17.3 Å². The Balaban J connectivity index is 2.11. The van der Waals surface area contributed by atoms with Crippen molar-refractivity contribution in [1.82, 2.24) is 4.90 Å². The lowest BCUT2D eigenvalue weighted by Crippen LogP contribution is -2.46. The SMILES string of the molecule is CC1CN(Cc2cc(Cl)ccc2N)C(C)CO1. The molecule has 1 aliphatic heterocycles. The molecule has 1 fully saturated rings. The summed E-state index contributed by atoms with van der Waals surface area (Å²) in [6, 6.07) is 6.06. The molecule has 0 amide bonds. The molecular formula is C13H19ClN2O. The third-order valence-electron chi connectivity index (χ3n) is 3.22. The minimum absolute atomic E-state index is 0.284. The largest absolute Gasteiger partial charge is 0.398 e. The zero-order valence-corrected chi connectivity index (χ0v) is 11.1. The van der Waals surface area contributed by atoms with Gasteiger partial charge in [-0.1, -0.05) is 11.6 Å². The molecule has 0 spiro atoms. The second kappa shape index (κ2) is 5.25. The first kappa shape index (κ1) is 12.7. The van der Waals surface area contributed by atoms with Crippen LogP contribution in [0, 0.1) is 0 Å². The summed E-state index contributed by atoms with van der Waals surface area (Å²) in [5.41, 5.74) is 7.87. The zero-order chi connectivity index (χ0) is 12.4. The Bertz CT molecular complexity index is 397. The Hall–Kier alpha value is -0.770. The first-order valence-corrected chi connectivity index (χ1v) is 6.33. The maximum absolute atomic E-state index is 6.00. The molecular weight excluding hydrogens is 236 g/mol. The highest BCUT2D eigenvalue weighted by Crippen LogP contribution is 2.22. The van der Waals surface area contributed by atoms with E-state index < -0.39 is 0 Å². The summed E-state index contributed by atoms with van der Waals surface area (Å²) in [6.07, 6.45) is 0.284. The van der Waals surface area contributed by atoms with Gasteiger partial charge in [-0.05, 0) is 37.6 Å². The molecule has 2 N–H and O–H groups in total. The molecule has 0 bridgehead atoms. The fraction of sp³-hybridized carbons (Fsp3) is 0.538. The fourth-order valence-corrected chi connectivity index (χ4v) is 2.32.